The first-order chi connectivity index (χ1) is 13.8. The second-order valence-electron chi connectivity index (χ2n) is 7.58. The third-order valence-corrected chi connectivity index (χ3v) is 5.29. The van der Waals surface area contributed by atoms with E-state index >= 15 is 0 Å². The van der Waals surface area contributed by atoms with E-state index in [0.29, 0.717) is 38.5 Å². The normalized spacial score (nSPS) is 18.9. The third-order valence-electron chi connectivity index (χ3n) is 5.29. The van der Waals surface area contributed by atoms with Gasteiger partial charge in [0, 0.05) is 39.3 Å². The highest BCUT2D eigenvalue weighted by molar-refractivity contribution is 5.79. The summed E-state index contributed by atoms with van der Waals surface area (Å²) in [5.41, 5.74) is 0. The molecule has 2 aliphatic rings. The average Bonchev–Trinajstić information content (AvgIpc) is 3.35. The summed E-state index contributed by atoms with van der Waals surface area (Å²) in [6.07, 6.45) is -1.01. The maximum Gasteiger partial charge on any atom is 0.406 e. The molecular formula is C19H27F3N4O3. The van der Waals surface area contributed by atoms with Crippen LogP contribution >= 0.6 is 0 Å². The Balaban J connectivity index is 1.47. The Hall–Kier alpha value is -2.07. The van der Waals surface area contributed by atoms with E-state index in [2.05, 4.69) is 0 Å². The van der Waals surface area contributed by atoms with Crippen molar-refractivity contribution in [1.29, 1.82) is 0 Å². The maximum absolute atomic E-state index is 12.9. The topological polar surface area (TPSA) is 60.2 Å². The van der Waals surface area contributed by atoms with Crippen molar-refractivity contribution in [1.82, 2.24) is 19.6 Å². The van der Waals surface area contributed by atoms with Crippen LogP contribution in [0.3, 0.4) is 0 Å². The molecule has 0 unspecified atom stereocenters. The van der Waals surface area contributed by atoms with Crippen LogP contribution in [0.25, 0.3) is 0 Å². The van der Waals surface area contributed by atoms with E-state index in [-0.39, 0.29) is 19.0 Å². The number of halogens is 3. The molecule has 2 aliphatic heterocycles. The summed E-state index contributed by atoms with van der Waals surface area (Å²) >= 11 is 0. The predicted molar refractivity (Wildman–Crippen MR) is 98.9 cm³/mol. The summed E-state index contributed by atoms with van der Waals surface area (Å²) in [5, 5.41) is 0. The van der Waals surface area contributed by atoms with Crippen molar-refractivity contribution in [3.05, 3.63) is 24.2 Å². The molecule has 7 nitrogen and oxygen atoms in total. The van der Waals surface area contributed by atoms with Crippen LogP contribution < -0.4 is 0 Å². The van der Waals surface area contributed by atoms with Crippen molar-refractivity contribution in [3.8, 4) is 0 Å². The van der Waals surface area contributed by atoms with Gasteiger partial charge in [0.1, 0.15) is 12.3 Å². The van der Waals surface area contributed by atoms with Crippen molar-refractivity contribution in [2.75, 3.05) is 58.9 Å². The van der Waals surface area contributed by atoms with Gasteiger partial charge in [-0.3, -0.25) is 19.4 Å². The number of nitrogens with zero attached hydrogens (tertiary/aromatic N) is 4. The summed E-state index contributed by atoms with van der Waals surface area (Å²) in [6.45, 7) is 2.71. The highest BCUT2D eigenvalue weighted by atomic mass is 19.4. The zero-order valence-corrected chi connectivity index (χ0v) is 16.4. The number of alkyl halides is 3. The van der Waals surface area contributed by atoms with Crippen LogP contribution in [0.1, 0.15) is 18.6 Å². The standard InChI is InChI=1S/C19H27F3N4O3/c20-19(21,22)15-26(12-16-4-3-11-29-16)18(28)14-24-9-7-23(8-10-24)13-17(27)25-5-1-2-6-25/h3-4,11H,1-2,5-10,12-15H2. The Bertz CT molecular complexity index is 667. The molecule has 1 aromatic heterocycles. The fraction of sp³-hybridized carbons (Fsp3) is 0.684. The molecule has 2 amide bonds. The quantitative estimate of drug-likeness (QED) is 0.673. The first-order valence-corrected chi connectivity index (χ1v) is 9.89. The van der Waals surface area contributed by atoms with Crippen LogP contribution in [-0.2, 0) is 16.1 Å². The molecule has 3 rings (SSSR count). The molecule has 3 heterocycles. The zero-order chi connectivity index (χ0) is 20.9. The monoisotopic (exact) mass is 416 g/mol. The van der Waals surface area contributed by atoms with Crippen LogP contribution in [0.5, 0.6) is 0 Å². The van der Waals surface area contributed by atoms with E-state index in [1.165, 1.54) is 6.26 Å². The number of rotatable bonds is 7. The molecule has 0 N–H and O–H groups in total. The molecule has 0 atom stereocenters. The van der Waals surface area contributed by atoms with Crippen LogP contribution in [0.4, 0.5) is 13.2 Å². The van der Waals surface area contributed by atoms with Gasteiger partial charge < -0.3 is 14.2 Å². The van der Waals surface area contributed by atoms with E-state index in [9.17, 15) is 22.8 Å². The first-order valence-electron chi connectivity index (χ1n) is 9.89. The fourth-order valence-corrected chi connectivity index (χ4v) is 3.69. The number of carbonyl (C=O) groups is 2. The number of carbonyl (C=O) groups excluding carboxylic acids is 2. The van der Waals surface area contributed by atoms with E-state index in [1.54, 1.807) is 12.1 Å². The van der Waals surface area contributed by atoms with E-state index in [0.717, 1.165) is 30.8 Å². The lowest BCUT2D eigenvalue weighted by Gasteiger charge is -2.35. The Labute approximate surface area is 168 Å². The molecule has 0 radical (unpaired) electrons. The van der Waals surface area contributed by atoms with E-state index < -0.39 is 18.6 Å². The van der Waals surface area contributed by atoms with Crippen molar-refractivity contribution in [2.45, 2.75) is 25.6 Å². The molecule has 0 saturated carbocycles. The first kappa shape index (κ1) is 21.6. The van der Waals surface area contributed by atoms with E-state index in [4.69, 9.17) is 4.42 Å². The molecule has 10 heteroatoms. The summed E-state index contributed by atoms with van der Waals surface area (Å²) in [7, 11) is 0. The molecule has 2 saturated heterocycles. The lowest BCUT2D eigenvalue weighted by Crippen LogP contribution is -2.52. The van der Waals surface area contributed by atoms with Crippen molar-refractivity contribution >= 4 is 11.8 Å². The molecule has 2 fully saturated rings. The molecule has 0 spiro atoms. The number of hydrogen-bond acceptors (Lipinski definition) is 5. The Kier molecular flexibility index (Phi) is 7.18. The summed E-state index contributed by atoms with van der Waals surface area (Å²) in [6, 6.07) is 3.13. The van der Waals surface area contributed by atoms with Gasteiger partial charge >= 0.3 is 6.18 Å². The molecule has 0 aromatic carbocycles. The number of piperazine rings is 1. The lowest BCUT2D eigenvalue weighted by molar-refractivity contribution is -0.163. The van der Waals surface area contributed by atoms with Crippen LogP contribution in [0, 0.1) is 0 Å². The predicted octanol–water partition coefficient (Wildman–Crippen LogP) is 1.41. The molecule has 29 heavy (non-hydrogen) atoms. The summed E-state index contributed by atoms with van der Waals surface area (Å²) < 4.78 is 43.8. The van der Waals surface area contributed by atoms with Gasteiger partial charge in [0.25, 0.3) is 0 Å². The number of furan rings is 1. The summed E-state index contributed by atoms with van der Waals surface area (Å²) in [5.74, 6) is -0.144. The highest BCUT2D eigenvalue weighted by Crippen LogP contribution is 2.19. The van der Waals surface area contributed by atoms with Gasteiger partial charge in [0.05, 0.1) is 25.9 Å². The lowest BCUT2D eigenvalue weighted by atomic mass is 10.3. The largest absolute Gasteiger partial charge is 0.467 e. The van der Waals surface area contributed by atoms with Gasteiger partial charge in [-0.1, -0.05) is 0 Å². The van der Waals surface area contributed by atoms with Gasteiger partial charge in [0.2, 0.25) is 11.8 Å². The maximum atomic E-state index is 12.9. The smallest absolute Gasteiger partial charge is 0.406 e. The molecular weight excluding hydrogens is 389 g/mol. The Morgan fingerprint density at radius 3 is 2.17 bits per heavy atom. The zero-order valence-electron chi connectivity index (χ0n) is 16.4. The van der Waals surface area contributed by atoms with E-state index in [1.807, 2.05) is 14.7 Å². The van der Waals surface area contributed by atoms with Crippen molar-refractivity contribution in [3.63, 3.8) is 0 Å². The minimum absolute atomic E-state index is 0.0787. The number of hydrogen-bond donors (Lipinski definition) is 0. The Morgan fingerprint density at radius 1 is 1.00 bits per heavy atom. The SMILES string of the molecule is O=C(CN1CCN(CC(=O)N(Cc2ccco2)CC(F)(F)F)CC1)N1CCCC1. The van der Waals surface area contributed by atoms with Gasteiger partial charge in [0.15, 0.2) is 0 Å². The average molecular weight is 416 g/mol. The second kappa shape index (κ2) is 9.62. The van der Waals surface area contributed by atoms with Gasteiger partial charge in [-0.15, -0.1) is 0 Å². The molecule has 0 bridgehead atoms. The highest BCUT2D eigenvalue weighted by Gasteiger charge is 2.34. The minimum atomic E-state index is -4.48. The number of likely N-dealkylation sites (tertiary alicyclic amines) is 1. The number of amides is 2. The fourth-order valence-electron chi connectivity index (χ4n) is 3.69. The van der Waals surface area contributed by atoms with Crippen molar-refractivity contribution in [2.24, 2.45) is 0 Å². The van der Waals surface area contributed by atoms with Crippen LogP contribution in [0.2, 0.25) is 0 Å². The van der Waals surface area contributed by atoms with Crippen molar-refractivity contribution < 1.29 is 27.2 Å². The molecule has 1 aromatic rings. The summed E-state index contributed by atoms with van der Waals surface area (Å²) in [4.78, 5) is 31.3. The Morgan fingerprint density at radius 2 is 1.62 bits per heavy atom. The van der Waals surface area contributed by atoms with Crippen LogP contribution in [-0.4, -0.2) is 96.5 Å². The third kappa shape index (κ3) is 6.74. The molecule has 162 valence electrons. The molecule has 0 aliphatic carbocycles. The second-order valence-corrected chi connectivity index (χ2v) is 7.58. The van der Waals surface area contributed by atoms with Crippen LogP contribution in [0.15, 0.2) is 22.8 Å². The minimum Gasteiger partial charge on any atom is -0.467 e. The van der Waals surface area contributed by atoms with Gasteiger partial charge in [-0.05, 0) is 25.0 Å². The van der Waals surface area contributed by atoms with Gasteiger partial charge in [-0.25, -0.2) is 0 Å². The van der Waals surface area contributed by atoms with Gasteiger partial charge in [-0.2, -0.15) is 13.2 Å².